The second-order valence-corrected chi connectivity index (χ2v) is 6.71. The van der Waals surface area contributed by atoms with Gasteiger partial charge in [-0.2, -0.15) is 13.2 Å². The van der Waals surface area contributed by atoms with Crippen LogP contribution in [0.15, 0.2) is 29.0 Å². The van der Waals surface area contributed by atoms with E-state index in [0.717, 1.165) is 10.8 Å². The minimum atomic E-state index is -4.97. The maximum absolute atomic E-state index is 13.5. The molecule has 2 aromatic rings. The van der Waals surface area contributed by atoms with Crippen molar-refractivity contribution in [1.29, 1.82) is 0 Å². The van der Waals surface area contributed by atoms with Crippen molar-refractivity contribution < 1.29 is 32.5 Å². The molecule has 1 aromatic heterocycles. The first-order valence-electron chi connectivity index (χ1n) is 8.01. The van der Waals surface area contributed by atoms with E-state index in [2.05, 4.69) is 26.2 Å². The van der Waals surface area contributed by atoms with Crippen LogP contribution in [-0.4, -0.2) is 47.5 Å². The highest BCUT2D eigenvalue weighted by Crippen LogP contribution is 2.40. The fourth-order valence-corrected chi connectivity index (χ4v) is 3.16. The fraction of sp³-hybridized carbons (Fsp3) is 0.412. The van der Waals surface area contributed by atoms with Crippen molar-refractivity contribution in [3.05, 3.63) is 40.4 Å². The molecule has 11 heteroatoms. The zero-order valence-corrected chi connectivity index (χ0v) is 16.9. The van der Waals surface area contributed by atoms with E-state index in [1.54, 1.807) is 0 Å². The Morgan fingerprint density at radius 2 is 1.86 bits per heavy atom. The number of nitrogens with zero attached hydrogens (tertiary/aromatic N) is 2. The summed E-state index contributed by atoms with van der Waals surface area (Å²) in [5.74, 6) is -0.552. The van der Waals surface area contributed by atoms with Crippen molar-refractivity contribution in [1.82, 2.24) is 14.9 Å². The van der Waals surface area contributed by atoms with Crippen LogP contribution in [0.3, 0.4) is 0 Å². The number of amides is 1. The molecular weight excluding hydrogens is 447 g/mol. The van der Waals surface area contributed by atoms with Crippen LogP contribution in [0.2, 0.25) is 0 Å². The lowest BCUT2D eigenvalue weighted by atomic mass is 9.97. The average Bonchev–Trinajstić information content (AvgIpc) is 3.07. The third-order valence-electron chi connectivity index (χ3n) is 4.14. The minimum absolute atomic E-state index is 0.129. The molecule has 0 fully saturated rings. The highest BCUT2D eigenvalue weighted by molar-refractivity contribution is 9.10. The van der Waals surface area contributed by atoms with Crippen LogP contribution in [0.5, 0.6) is 11.5 Å². The lowest BCUT2D eigenvalue weighted by Gasteiger charge is -2.30. The molecule has 2 N–H and O–H groups in total. The SMILES string of the molecule is COc1cc(C(=O)NCCC(O)(c2nccn2C)C(F)(F)F)cc(OC)c1Br. The number of hydrogen-bond acceptors (Lipinski definition) is 5. The zero-order valence-electron chi connectivity index (χ0n) is 15.3. The third-order valence-corrected chi connectivity index (χ3v) is 4.92. The normalized spacial score (nSPS) is 13.7. The van der Waals surface area contributed by atoms with Gasteiger partial charge in [0.25, 0.3) is 5.91 Å². The van der Waals surface area contributed by atoms with E-state index in [9.17, 15) is 23.1 Å². The van der Waals surface area contributed by atoms with Crippen molar-refractivity contribution in [3.63, 3.8) is 0 Å². The van der Waals surface area contributed by atoms with Gasteiger partial charge in [-0.3, -0.25) is 4.79 Å². The minimum Gasteiger partial charge on any atom is -0.495 e. The number of halogens is 4. The van der Waals surface area contributed by atoms with Gasteiger partial charge in [-0.05, 0) is 28.1 Å². The average molecular weight is 466 g/mol. The van der Waals surface area contributed by atoms with Crippen LogP contribution < -0.4 is 14.8 Å². The van der Waals surface area contributed by atoms with E-state index < -0.39 is 36.5 Å². The molecule has 0 aliphatic rings. The predicted molar refractivity (Wildman–Crippen MR) is 97.4 cm³/mol. The Hall–Kier alpha value is -2.27. The Morgan fingerprint density at radius 3 is 2.29 bits per heavy atom. The fourth-order valence-electron chi connectivity index (χ4n) is 2.60. The standard InChI is InChI=1S/C17H19BrF3N3O4/c1-24-7-6-23-15(24)16(26,17(19,20)21)4-5-22-14(25)10-8-11(27-2)13(18)12(9-10)28-3/h6-9,26H,4-5H2,1-3H3,(H,22,25). The van der Waals surface area contributed by atoms with E-state index in [-0.39, 0.29) is 5.56 Å². The maximum atomic E-state index is 13.5. The van der Waals surface area contributed by atoms with E-state index in [4.69, 9.17) is 9.47 Å². The quantitative estimate of drug-likeness (QED) is 0.656. The summed E-state index contributed by atoms with van der Waals surface area (Å²) in [4.78, 5) is 16.0. The molecule has 0 saturated carbocycles. The smallest absolute Gasteiger partial charge is 0.424 e. The monoisotopic (exact) mass is 465 g/mol. The van der Waals surface area contributed by atoms with Gasteiger partial charge in [-0.15, -0.1) is 0 Å². The second kappa shape index (κ2) is 8.39. The number of aryl methyl sites for hydroxylation is 1. The van der Waals surface area contributed by atoms with E-state index in [0.29, 0.717) is 16.0 Å². The van der Waals surface area contributed by atoms with Crippen molar-refractivity contribution in [2.24, 2.45) is 7.05 Å². The van der Waals surface area contributed by atoms with E-state index >= 15 is 0 Å². The summed E-state index contributed by atoms with van der Waals surface area (Å²) in [5, 5.41) is 12.6. The number of aliphatic hydroxyl groups is 1. The molecule has 1 amide bonds. The number of hydrogen-bond donors (Lipinski definition) is 2. The van der Waals surface area contributed by atoms with Gasteiger partial charge in [0.05, 0.1) is 14.2 Å². The number of carbonyl (C=O) groups is 1. The maximum Gasteiger partial charge on any atom is 0.424 e. The summed E-state index contributed by atoms with van der Waals surface area (Å²) in [5.41, 5.74) is -3.07. The molecule has 1 unspecified atom stereocenters. The predicted octanol–water partition coefficient (Wildman–Crippen LogP) is 2.77. The van der Waals surface area contributed by atoms with Gasteiger partial charge in [0, 0.05) is 38.0 Å². The first kappa shape index (κ1) is 22.0. The summed E-state index contributed by atoms with van der Waals surface area (Å²) >= 11 is 3.27. The van der Waals surface area contributed by atoms with Crippen LogP contribution in [0.4, 0.5) is 13.2 Å². The summed E-state index contributed by atoms with van der Waals surface area (Å²) < 4.78 is 52.3. The number of carbonyl (C=O) groups excluding carboxylic acids is 1. The highest BCUT2D eigenvalue weighted by Gasteiger charge is 2.57. The lowest BCUT2D eigenvalue weighted by Crippen LogP contribution is -2.46. The summed E-state index contributed by atoms with van der Waals surface area (Å²) in [7, 11) is 4.15. The topological polar surface area (TPSA) is 85.6 Å². The molecule has 154 valence electrons. The summed E-state index contributed by atoms with van der Waals surface area (Å²) in [6.07, 6.45) is -3.32. The summed E-state index contributed by atoms with van der Waals surface area (Å²) in [6.45, 7) is -0.442. The van der Waals surface area contributed by atoms with Crippen molar-refractivity contribution in [2.75, 3.05) is 20.8 Å². The number of methoxy groups -OCH3 is 2. The lowest BCUT2D eigenvalue weighted by molar-refractivity contribution is -0.272. The largest absolute Gasteiger partial charge is 0.495 e. The number of imidazole rings is 1. The van der Waals surface area contributed by atoms with E-state index in [1.165, 1.54) is 39.6 Å². The molecule has 7 nitrogen and oxygen atoms in total. The van der Waals surface area contributed by atoms with Crippen LogP contribution in [-0.2, 0) is 12.6 Å². The van der Waals surface area contributed by atoms with Gasteiger partial charge in [0.15, 0.2) is 0 Å². The van der Waals surface area contributed by atoms with Gasteiger partial charge in [-0.1, -0.05) is 0 Å². The molecule has 1 atom stereocenters. The molecular formula is C17H19BrF3N3O4. The third kappa shape index (κ3) is 4.25. The molecule has 2 rings (SSSR count). The Bertz CT molecular complexity index is 831. The number of nitrogens with one attached hydrogen (secondary N) is 1. The van der Waals surface area contributed by atoms with Gasteiger partial charge >= 0.3 is 6.18 Å². The first-order valence-corrected chi connectivity index (χ1v) is 8.81. The number of alkyl halides is 3. The number of ether oxygens (including phenoxy) is 2. The Balaban J connectivity index is 2.17. The Kier molecular flexibility index (Phi) is 6.60. The Morgan fingerprint density at radius 1 is 1.29 bits per heavy atom. The van der Waals surface area contributed by atoms with Crippen LogP contribution >= 0.6 is 15.9 Å². The number of benzene rings is 1. The van der Waals surface area contributed by atoms with Crippen molar-refractivity contribution in [3.8, 4) is 11.5 Å². The molecule has 0 aliphatic carbocycles. The van der Waals surface area contributed by atoms with Gasteiger partial charge in [-0.25, -0.2) is 4.98 Å². The molecule has 0 aliphatic heterocycles. The van der Waals surface area contributed by atoms with Crippen molar-refractivity contribution >= 4 is 21.8 Å². The first-order chi connectivity index (χ1) is 13.0. The van der Waals surface area contributed by atoms with Crippen molar-refractivity contribution in [2.45, 2.75) is 18.2 Å². The van der Waals surface area contributed by atoms with Gasteiger partial charge in [0.1, 0.15) is 21.8 Å². The van der Waals surface area contributed by atoms with Gasteiger partial charge < -0.3 is 24.5 Å². The molecule has 0 bridgehead atoms. The van der Waals surface area contributed by atoms with Crippen LogP contribution in [0.1, 0.15) is 22.6 Å². The van der Waals surface area contributed by atoms with E-state index in [1.807, 2.05) is 0 Å². The Labute approximate surface area is 167 Å². The van der Waals surface area contributed by atoms with Crippen LogP contribution in [0.25, 0.3) is 0 Å². The molecule has 0 radical (unpaired) electrons. The number of aromatic nitrogens is 2. The molecule has 0 saturated heterocycles. The zero-order chi connectivity index (χ0) is 21.1. The highest BCUT2D eigenvalue weighted by atomic mass is 79.9. The second-order valence-electron chi connectivity index (χ2n) is 5.92. The molecule has 28 heavy (non-hydrogen) atoms. The number of rotatable bonds is 7. The molecule has 1 heterocycles. The van der Waals surface area contributed by atoms with Crippen LogP contribution in [0, 0.1) is 0 Å². The molecule has 0 spiro atoms. The van der Waals surface area contributed by atoms with Gasteiger partial charge in [0.2, 0.25) is 5.60 Å². The molecule has 1 aromatic carbocycles. The summed E-state index contributed by atoms with van der Waals surface area (Å²) in [6, 6.07) is 2.83.